The van der Waals surface area contributed by atoms with E-state index in [1.54, 1.807) is 0 Å². The summed E-state index contributed by atoms with van der Waals surface area (Å²) in [6.07, 6.45) is 0. The molecule has 0 spiro atoms. The predicted octanol–water partition coefficient (Wildman–Crippen LogP) is 10.4. The third kappa shape index (κ3) is 4.18. The zero-order valence-corrected chi connectivity index (χ0v) is 22.4. The van der Waals surface area contributed by atoms with Crippen molar-refractivity contribution in [2.45, 2.75) is 27.7 Å². The quantitative estimate of drug-likeness (QED) is 0.250. The summed E-state index contributed by atoms with van der Waals surface area (Å²) >= 11 is 0. The fourth-order valence-electron chi connectivity index (χ4n) is 5.35. The van der Waals surface area contributed by atoms with E-state index in [-0.39, 0.29) is 0 Å². The van der Waals surface area contributed by atoms with E-state index in [9.17, 15) is 0 Å². The van der Waals surface area contributed by atoms with E-state index in [4.69, 9.17) is 0 Å². The standard InChI is InChI=1S/C36H32N2/c1-23-11-9-17-33(25(23)3)37-35-21-19-29(27-13-5-7-15-31(27)35)30-20-22-36(32-16-8-6-14-28(30)32)38-34-18-10-12-24(2)26(34)4/h5-22,37-38H,1-4H3. The first-order chi connectivity index (χ1) is 18.5. The molecule has 6 aromatic carbocycles. The number of rotatable bonds is 5. The Labute approximate surface area is 225 Å². The Morgan fingerprint density at radius 1 is 0.342 bits per heavy atom. The number of benzene rings is 6. The number of anilines is 4. The van der Waals surface area contributed by atoms with Gasteiger partial charge < -0.3 is 10.6 Å². The molecule has 0 aromatic heterocycles. The van der Waals surface area contributed by atoms with Crippen molar-refractivity contribution in [2.24, 2.45) is 0 Å². The third-order valence-corrected chi connectivity index (χ3v) is 7.89. The summed E-state index contributed by atoms with van der Waals surface area (Å²) in [5.41, 5.74) is 12.1. The molecule has 2 nitrogen and oxygen atoms in total. The normalized spacial score (nSPS) is 11.2. The lowest BCUT2D eigenvalue weighted by Gasteiger charge is -2.18. The van der Waals surface area contributed by atoms with E-state index >= 15 is 0 Å². The van der Waals surface area contributed by atoms with Gasteiger partial charge in [-0.3, -0.25) is 0 Å². The van der Waals surface area contributed by atoms with Crippen molar-refractivity contribution in [3.8, 4) is 11.1 Å². The molecule has 6 rings (SSSR count). The first kappa shape index (κ1) is 23.8. The van der Waals surface area contributed by atoms with Crippen molar-refractivity contribution in [1.82, 2.24) is 0 Å². The first-order valence-corrected chi connectivity index (χ1v) is 13.2. The maximum atomic E-state index is 3.71. The molecule has 0 aliphatic rings. The molecule has 2 N–H and O–H groups in total. The average molecular weight is 493 g/mol. The Morgan fingerprint density at radius 3 is 1.16 bits per heavy atom. The Hall–Kier alpha value is -4.56. The van der Waals surface area contributed by atoms with Crippen LogP contribution < -0.4 is 10.6 Å². The average Bonchev–Trinajstić information content (AvgIpc) is 2.94. The fourth-order valence-corrected chi connectivity index (χ4v) is 5.35. The molecule has 0 unspecified atom stereocenters. The molecule has 186 valence electrons. The van der Waals surface area contributed by atoms with Gasteiger partial charge in [0.05, 0.1) is 0 Å². The minimum absolute atomic E-state index is 1.12. The first-order valence-electron chi connectivity index (χ1n) is 13.2. The highest BCUT2D eigenvalue weighted by Gasteiger charge is 2.14. The van der Waals surface area contributed by atoms with Crippen molar-refractivity contribution in [2.75, 3.05) is 10.6 Å². The lowest BCUT2D eigenvalue weighted by Crippen LogP contribution is -1.97. The molecule has 0 atom stereocenters. The van der Waals surface area contributed by atoms with E-state index in [1.165, 1.54) is 54.9 Å². The molecular formula is C36H32N2. The highest BCUT2D eigenvalue weighted by Crippen LogP contribution is 2.40. The second-order valence-electron chi connectivity index (χ2n) is 10.2. The highest BCUT2D eigenvalue weighted by atomic mass is 14.9. The molecule has 2 heteroatoms. The van der Waals surface area contributed by atoms with Crippen LogP contribution in [0.15, 0.2) is 109 Å². The minimum Gasteiger partial charge on any atom is -0.355 e. The molecule has 0 aliphatic heterocycles. The Balaban J connectivity index is 1.48. The summed E-state index contributed by atoms with van der Waals surface area (Å²) in [4.78, 5) is 0. The topological polar surface area (TPSA) is 24.1 Å². The van der Waals surface area contributed by atoms with Crippen molar-refractivity contribution in [3.05, 3.63) is 131 Å². The van der Waals surface area contributed by atoms with Crippen molar-refractivity contribution >= 4 is 44.3 Å². The zero-order chi connectivity index (χ0) is 26.2. The Morgan fingerprint density at radius 2 is 0.737 bits per heavy atom. The number of nitrogens with one attached hydrogen (secondary N) is 2. The number of aryl methyl sites for hydroxylation is 2. The summed E-state index contributed by atoms with van der Waals surface area (Å²) in [6.45, 7) is 8.67. The number of fused-ring (bicyclic) bond motifs is 2. The van der Waals surface area contributed by atoms with Crippen molar-refractivity contribution in [3.63, 3.8) is 0 Å². The zero-order valence-electron chi connectivity index (χ0n) is 22.4. The van der Waals surface area contributed by atoms with Crippen LogP contribution in [0.5, 0.6) is 0 Å². The van der Waals surface area contributed by atoms with Crippen LogP contribution in [-0.2, 0) is 0 Å². The lowest BCUT2D eigenvalue weighted by atomic mass is 9.92. The van der Waals surface area contributed by atoms with Crippen LogP contribution in [0.2, 0.25) is 0 Å². The highest BCUT2D eigenvalue weighted by molar-refractivity contribution is 6.11. The summed E-state index contributed by atoms with van der Waals surface area (Å²) in [5, 5.41) is 12.3. The molecule has 0 amide bonds. The van der Waals surface area contributed by atoms with Crippen LogP contribution in [0.4, 0.5) is 22.7 Å². The second kappa shape index (κ2) is 9.72. The SMILES string of the molecule is Cc1cccc(Nc2ccc(-c3ccc(Nc4cccc(C)c4C)c4ccccc34)c3ccccc23)c1C. The molecule has 0 heterocycles. The molecular weight excluding hydrogens is 460 g/mol. The van der Waals surface area contributed by atoms with Gasteiger partial charge in [-0.15, -0.1) is 0 Å². The van der Waals surface area contributed by atoms with Gasteiger partial charge in [-0.25, -0.2) is 0 Å². The van der Waals surface area contributed by atoms with Crippen LogP contribution >= 0.6 is 0 Å². The van der Waals surface area contributed by atoms with Gasteiger partial charge in [0.1, 0.15) is 0 Å². The van der Waals surface area contributed by atoms with Gasteiger partial charge in [-0.1, -0.05) is 84.9 Å². The molecule has 6 aromatic rings. The van der Waals surface area contributed by atoms with Gasteiger partial charge in [0.2, 0.25) is 0 Å². The van der Waals surface area contributed by atoms with Gasteiger partial charge in [-0.05, 0) is 96.1 Å². The van der Waals surface area contributed by atoms with Gasteiger partial charge in [0, 0.05) is 33.5 Å². The molecule has 0 fully saturated rings. The second-order valence-corrected chi connectivity index (χ2v) is 10.2. The number of hydrogen-bond acceptors (Lipinski definition) is 2. The van der Waals surface area contributed by atoms with Gasteiger partial charge in [0.15, 0.2) is 0 Å². The maximum absolute atomic E-state index is 3.71. The fraction of sp³-hybridized carbons (Fsp3) is 0.111. The Kier molecular flexibility index (Phi) is 6.09. The van der Waals surface area contributed by atoms with Crippen LogP contribution in [0, 0.1) is 27.7 Å². The summed E-state index contributed by atoms with van der Waals surface area (Å²) < 4.78 is 0. The maximum Gasteiger partial charge on any atom is 0.0464 e. The number of hydrogen-bond donors (Lipinski definition) is 2. The summed E-state index contributed by atoms with van der Waals surface area (Å²) in [6, 6.07) is 39.2. The van der Waals surface area contributed by atoms with E-state index in [0.717, 1.165) is 22.7 Å². The Bertz CT molecular complexity index is 1680. The van der Waals surface area contributed by atoms with Crippen LogP contribution in [0.25, 0.3) is 32.7 Å². The molecule has 0 aliphatic carbocycles. The van der Waals surface area contributed by atoms with E-state index in [0.29, 0.717) is 0 Å². The molecule has 0 saturated heterocycles. The largest absolute Gasteiger partial charge is 0.355 e. The summed E-state index contributed by atoms with van der Waals surface area (Å²) in [7, 11) is 0. The lowest BCUT2D eigenvalue weighted by molar-refractivity contribution is 1.33. The molecule has 0 bridgehead atoms. The molecule has 38 heavy (non-hydrogen) atoms. The van der Waals surface area contributed by atoms with Crippen LogP contribution in [-0.4, -0.2) is 0 Å². The van der Waals surface area contributed by atoms with E-state index in [2.05, 4.69) is 148 Å². The van der Waals surface area contributed by atoms with Crippen LogP contribution in [0.1, 0.15) is 22.3 Å². The van der Waals surface area contributed by atoms with Gasteiger partial charge >= 0.3 is 0 Å². The van der Waals surface area contributed by atoms with Crippen LogP contribution in [0.3, 0.4) is 0 Å². The molecule has 0 radical (unpaired) electrons. The smallest absolute Gasteiger partial charge is 0.0464 e. The predicted molar refractivity (Wildman–Crippen MR) is 165 cm³/mol. The van der Waals surface area contributed by atoms with Gasteiger partial charge in [-0.2, -0.15) is 0 Å². The monoisotopic (exact) mass is 492 g/mol. The van der Waals surface area contributed by atoms with E-state index in [1.807, 2.05) is 0 Å². The van der Waals surface area contributed by atoms with Crippen molar-refractivity contribution < 1.29 is 0 Å². The summed E-state index contributed by atoms with van der Waals surface area (Å²) in [5.74, 6) is 0. The van der Waals surface area contributed by atoms with Crippen molar-refractivity contribution in [1.29, 1.82) is 0 Å². The molecule has 0 saturated carbocycles. The van der Waals surface area contributed by atoms with E-state index < -0.39 is 0 Å². The van der Waals surface area contributed by atoms with Gasteiger partial charge in [0.25, 0.3) is 0 Å². The minimum atomic E-state index is 1.12. The third-order valence-electron chi connectivity index (χ3n) is 7.89.